The van der Waals surface area contributed by atoms with Crippen LogP contribution in [0.5, 0.6) is 0 Å². The molecular weight excluding hydrogens is 825 g/mol. The van der Waals surface area contributed by atoms with Gasteiger partial charge >= 0.3 is 0 Å². The number of rotatable bonds is 7. The highest BCUT2D eigenvalue weighted by Gasteiger charge is 2.46. The molecule has 2 aromatic heterocycles. The fraction of sp³-hybridized carbons (Fsp3) is 0.0154. The molecule has 0 spiro atoms. The molecule has 0 amide bonds. The van der Waals surface area contributed by atoms with Crippen molar-refractivity contribution in [3.05, 3.63) is 277 Å². The molecule has 0 radical (unpaired) electrons. The number of para-hydroxylation sites is 6. The normalized spacial score (nSPS) is 12.8. The maximum Gasteiger partial charge on any atom is 0.143 e. The van der Waals surface area contributed by atoms with Crippen LogP contribution in [0.3, 0.4) is 0 Å². The van der Waals surface area contributed by atoms with E-state index < -0.39 is 5.41 Å². The van der Waals surface area contributed by atoms with Crippen LogP contribution in [-0.2, 0) is 5.41 Å². The first kappa shape index (κ1) is 38.4. The lowest BCUT2D eigenvalue weighted by atomic mass is 9.67. The first-order valence-electron chi connectivity index (χ1n) is 23.4. The fourth-order valence-corrected chi connectivity index (χ4v) is 11.6. The number of anilines is 3. The molecule has 1 aliphatic rings. The van der Waals surface area contributed by atoms with Gasteiger partial charge in [0, 0.05) is 43.7 Å². The lowest BCUT2D eigenvalue weighted by Crippen LogP contribution is -2.28. The average Bonchev–Trinajstić information content (AvgIpc) is 4.06. The van der Waals surface area contributed by atoms with Gasteiger partial charge in [0.05, 0.1) is 33.5 Å². The van der Waals surface area contributed by atoms with Crippen LogP contribution in [0.25, 0.3) is 82.5 Å². The van der Waals surface area contributed by atoms with Crippen molar-refractivity contribution in [2.24, 2.45) is 0 Å². The summed E-state index contributed by atoms with van der Waals surface area (Å²) >= 11 is 0. The Bertz CT molecular complexity index is 4010. The van der Waals surface area contributed by atoms with Crippen molar-refractivity contribution < 1.29 is 4.42 Å². The Kier molecular flexibility index (Phi) is 8.50. The number of aromatic nitrogens is 1. The molecule has 0 fully saturated rings. The molecule has 0 aliphatic heterocycles. The van der Waals surface area contributed by atoms with Gasteiger partial charge in [-0.15, -0.1) is 0 Å². The van der Waals surface area contributed by atoms with Crippen LogP contribution in [0, 0.1) is 0 Å². The maximum absolute atomic E-state index is 7.08. The third-order valence-corrected chi connectivity index (χ3v) is 14.5. The summed E-state index contributed by atoms with van der Waals surface area (Å²) in [6, 6.07) is 93.1. The van der Waals surface area contributed by atoms with Crippen molar-refractivity contribution in [3.63, 3.8) is 0 Å². The molecular formula is C65H42N2O. The summed E-state index contributed by atoms with van der Waals surface area (Å²) in [5.74, 6) is 0. The number of fused-ring (bicyclic) bond motifs is 11. The van der Waals surface area contributed by atoms with E-state index in [1.807, 2.05) is 0 Å². The molecule has 13 aromatic rings. The number of hydrogen-bond donors (Lipinski definition) is 0. The molecule has 3 heteroatoms. The number of nitrogens with zero attached hydrogens (tertiary/aromatic N) is 2. The van der Waals surface area contributed by atoms with Crippen LogP contribution in [-0.4, -0.2) is 4.57 Å². The SMILES string of the molecule is c1ccc(C2(c3ccccc3)c3ccccc3-c3ccc(N(c4ccccc4-c4cccc5c4oc4c6ccccc6ccc54)c4ccccc4-n4c5ccccc5c5ccccc54)cc32)cc1. The Labute approximate surface area is 394 Å². The van der Waals surface area contributed by atoms with E-state index in [4.69, 9.17) is 4.42 Å². The quantitative estimate of drug-likeness (QED) is 0.159. The molecule has 14 rings (SSSR count). The van der Waals surface area contributed by atoms with Gasteiger partial charge in [0.25, 0.3) is 0 Å². The van der Waals surface area contributed by atoms with E-state index in [1.54, 1.807) is 0 Å². The minimum absolute atomic E-state index is 0.579. The predicted molar refractivity (Wildman–Crippen MR) is 283 cm³/mol. The fourth-order valence-electron chi connectivity index (χ4n) is 11.6. The van der Waals surface area contributed by atoms with Gasteiger partial charge in [-0.2, -0.15) is 0 Å². The van der Waals surface area contributed by atoms with Gasteiger partial charge in [0.2, 0.25) is 0 Å². The van der Waals surface area contributed by atoms with Gasteiger partial charge in [-0.1, -0.05) is 206 Å². The Hall–Kier alpha value is -8.92. The Morgan fingerprint density at radius 1 is 0.338 bits per heavy atom. The molecule has 0 N–H and O–H groups in total. The molecule has 0 bridgehead atoms. The Morgan fingerprint density at radius 2 is 0.882 bits per heavy atom. The van der Waals surface area contributed by atoms with Crippen LogP contribution < -0.4 is 4.90 Å². The summed E-state index contributed by atoms with van der Waals surface area (Å²) in [5, 5.41) is 6.93. The van der Waals surface area contributed by atoms with Crippen molar-refractivity contribution >= 4 is 71.6 Å². The van der Waals surface area contributed by atoms with Crippen molar-refractivity contribution in [1.29, 1.82) is 0 Å². The van der Waals surface area contributed by atoms with E-state index in [2.05, 4.69) is 264 Å². The molecule has 11 aromatic carbocycles. The number of benzene rings is 11. The summed E-state index contributed by atoms with van der Waals surface area (Å²) in [4.78, 5) is 2.50. The lowest BCUT2D eigenvalue weighted by Gasteiger charge is -2.35. The molecule has 1 aliphatic carbocycles. The minimum Gasteiger partial charge on any atom is -0.455 e. The Balaban J connectivity index is 1.08. The molecule has 3 nitrogen and oxygen atoms in total. The first-order chi connectivity index (χ1) is 33.8. The highest BCUT2D eigenvalue weighted by Crippen LogP contribution is 2.58. The smallest absolute Gasteiger partial charge is 0.143 e. The van der Waals surface area contributed by atoms with E-state index in [1.165, 1.54) is 44.2 Å². The van der Waals surface area contributed by atoms with Gasteiger partial charge in [-0.25, -0.2) is 0 Å². The highest BCUT2D eigenvalue weighted by atomic mass is 16.3. The largest absolute Gasteiger partial charge is 0.455 e. The summed E-state index contributed by atoms with van der Waals surface area (Å²) < 4.78 is 9.52. The zero-order valence-corrected chi connectivity index (χ0v) is 37.1. The second-order valence-corrected chi connectivity index (χ2v) is 17.9. The van der Waals surface area contributed by atoms with Crippen LogP contribution in [0.15, 0.2) is 259 Å². The summed E-state index contributed by atoms with van der Waals surface area (Å²) in [5.41, 5.74) is 17.3. The molecule has 0 saturated carbocycles. The molecule has 318 valence electrons. The van der Waals surface area contributed by atoms with Crippen LogP contribution in [0.4, 0.5) is 17.1 Å². The maximum atomic E-state index is 7.08. The molecule has 2 heterocycles. The number of furan rings is 1. The molecule has 68 heavy (non-hydrogen) atoms. The van der Waals surface area contributed by atoms with E-state index >= 15 is 0 Å². The van der Waals surface area contributed by atoms with E-state index in [-0.39, 0.29) is 0 Å². The summed E-state index contributed by atoms with van der Waals surface area (Å²) in [7, 11) is 0. The van der Waals surface area contributed by atoms with E-state index in [0.29, 0.717) is 0 Å². The van der Waals surface area contributed by atoms with Gasteiger partial charge in [-0.05, 0) is 87.3 Å². The van der Waals surface area contributed by atoms with E-state index in [9.17, 15) is 0 Å². The summed E-state index contributed by atoms with van der Waals surface area (Å²) in [6.07, 6.45) is 0. The van der Waals surface area contributed by atoms with Crippen LogP contribution in [0.2, 0.25) is 0 Å². The number of hydrogen-bond acceptors (Lipinski definition) is 2. The van der Waals surface area contributed by atoms with Crippen LogP contribution in [0.1, 0.15) is 22.3 Å². The highest BCUT2D eigenvalue weighted by molar-refractivity contribution is 6.18. The standard InChI is InChI=1S/C65H42N2O/c1-3-21-44(22-4-1)65(45-23-5-2-6-24-45)56-32-13-9-26-48(56)49-41-39-46(42-57(49)65)66(61-36-17-18-37-62(61)67-59-34-15-10-27-50(59)51-28-11-16-35-60(51)67)58-33-14-12-29-52(58)53-30-19-31-54-55-40-38-43-20-7-8-25-47(43)63(55)68-64(53)54/h1-42H. The minimum atomic E-state index is -0.579. The second-order valence-electron chi connectivity index (χ2n) is 17.9. The topological polar surface area (TPSA) is 21.3 Å². The second kappa shape index (κ2) is 15.1. The van der Waals surface area contributed by atoms with Crippen molar-refractivity contribution in [3.8, 4) is 27.9 Å². The van der Waals surface area contributed by atoms with Gasteiger partial charge in [-0.3, -0.25) is 0 Å². The predicted octanol–water partition coefficient (Wildman–Crippen LogP) is 17.3. The van der Waals surface area contributed by atoms with Gasteiger partial charge in [0.15, 0.2) is 0 Å². The zero-order valence-electron chi connectivity index (χ0n) is 37.1. The van der Waals surface area contributed by atoms with Gasteiger partial charge in [0.1, 0.15) is 11.2 Å². The molecule has 0 atom stereocenters. The Morgan fingerprint density at radius 3 is 1.63 bits per heavy atom. The first-order valence-corrected chi connectivity index (χ1v) is 23.4. The third-order valence-electron chi connectivity index (χ3n) is 14.5. The molecule has 0 saturated heterocycles. The zero-order chi connectivity index (χ0) is 44.8. The van der Waals surface area contributed by atoms with Crippen molar-refractivity contribution in [2.45, 2.75) is 5.41 Å². The van der Waals surface area contributed by atoms with Crippen molar-refractivity contribution in [1.82, 2.24) is 4.57 Å². The third kappa shape index (κ3) is 5.47. The van der Waals surface area contributed by atoms with Crippen molar-refractivity contribution in [2.75, 3.05) is 4.90 Å². The summed E-state index contributed by atoms with van der Waals surface area (Å²) in [6.45, 7) is 0. The molecule has 0 unspecified atom stereocenters. The van der Waals surface area contributed by atoms with Gasteiger partial charge < -0.3 is 13.9 Å². The monoisotopic (exact) mass is 866 g/mol. The lowest BCUT2D eigenvalue weighted by molar-refractivity contribution is 0.674. The average molecular weight is 867 g/mol. The van der Waals surface area contributed by atoms with Crippen LogP contribution >= 0.6 is 0 Å². The van der Waals surface area contributed by atoms with E-state index in [0.717, 1.165) is 77.6 Å².